The van der Waals surface area contributed by atoms with E-state index in [1.165, 1.54) is 38.1 Å². The van der Waals surface area contributed by atoms with E-state index in [0.29, 0.717) is 37.2 Å². The molecule has 1 aromatic heterocycles. The fourth-order valence-corrected chi connectivity index (χ4v) is 5.29. The van der Waals surface area contributed by atoms with E-state index in [4.69, 9.17) is 14.2 Å². The van der Waals surface area contributed by atoms with Crippen LogP contribution < -0.4 is 4.74 Å². The van der Waals surface area contributed by atoms with Crippen LogP contribution in [0.25, 0.3) is 11.4 Å². The SMILES string of the molecule is CCCCCCC(F)COC1CCc2cc(-c3ncc(OCC4OC4CCCCCC)cn3)c(F)c(F)c2C1. The molecular formula is C31H43F3N2O3. The second-order valence-electron chi connectivity index (χ2n) is 11.0. The molecule has 1 aromatic carbocycles. The molecule has 0 spiro atoms. The molecule has 216 valence electrons. The molecule has 1 aliphatic heterocycles. The molecule has 1 fully saturated rings. The number of nitrogens with zero attached hydrogens (tertiary/aromatic N) is 2. The highest BCUT2D eigenvalue weighted by atomic mass is 19.2. The van der Waals surface area contributed by atoms with Crippen LogP contribution in [0.4, 0.5) is 13.2 Å². The van der Waals surface area contributed by atoms with Crippen LogP contribution in [0, 0.1) is 11.6 Å². The number of alkyl halides is 1. The molecule has 0 amide bonds. The molecule has 4 atom stereocenters. The summed E-state index contributed by atoms with van der Waals surface area (Å²) in [6.07, 6.45) is 13.9. The third-order valence-electron chi connectivity index (χ3n) is 7.76. The number of aryl methyl sites for hydroxylation is 1. The van der Waals surface area contributed by atoms with E-state index in [-0.39, 0.29) is 42.7 Å². The van der Waals surface area contributed by atoms with Gasteiger partial charge >= 0.3 is 0 Å². The summed E-state index contributed by atoms with van der Waals surface area (Å²) >= 11 is 0. The van der Waals surface area contributed by atoms with Gasteiger partial charge in [-0.2, -0.15) is 0 Å². The van der Waals surface area contributed by atoms with E-state index in [2.05, 4.69) is 23.8 Å². The number of aromatic nitrogens is 2. The highest BCUT2D eigenvalue weighted by Gasteiger charge is 2.38. The molecule has 1 saturated heterocycles. The number of unbranched alkanes of at least 4 members (excludes halogenated alkanes) is 6. The van der Waals surface area contributed by atoms with Crippen molar-refractivity contribution in [3.8, 4) is 17.1 Å². The lowest BCUT2D eigenvalue weighted by Gasteiger charge is -2.26. The van der Waals surface area contributed by atoms with Gasteiger partial charge in [0.15, 0.2) is 23.2 Å². The molecule has 2 heterocycles. The molecule has 4 rings (SSSR count). The van der Waals surface area contributed by atoms with Gasteiger partial charge in [0.05, 0.1) is 36.8 Å². The molecule has 0 N–H and O–H groups in total. The zero-order chi connectivity index (χ0) is 27.6. The van der Waals surface area contributed by atoms with Gasteiger partial charge in [-0.15, -0.1) is 0 Å². The molecule has 8 heteroatoms. The Balaban J connectivity index is 1.27. The standard InChI is InChI=1S/C31H43F3N2O3/c1-3-5-7-9-11-22(32)19-37-23-14-13-21-15-26(30(34)29(33)25(21)16-23)31-35-17-24(18-36-31)38-20-28-27(39-28)12-10-8-6-4-2/h15,17-18,22-23,27-28H,3-14,16,19-20H2,1-2H3. The van der Waals surface area contributed by atoms with E-state index >= 15 is 8.78 Å². The van der Waals surface area contributed by atoms with Crippen LogP contribution in [0.5, 0.6) is 5.75 Å². The summed E-state index contributed by atoms with van der Waals surface area (Å²) in [4.78, 5) is 8.47. The topological polar surface area (TPSA) is 56.8 Å². The van der Waals surface area contributed by atoms with E-state index in [0.717, 1.165) is 37.7 Å². The second kappa shape index (κ2) is 15.0. The zero-order valence-corrected chi connectivity index (χ0v) is 23.4. The average Bonchev–Trinajstić information content (AvgIpc) is 3.71. The molecule has 4 unspecified atom stereocenters. The van der Waals surface area contributed by atoms with Crippen LogP contribution >= 0.6 is 0 Å². The summed E-state index contributed by atoms with van der Waals surface area (Å²) < 4.78 is 61.5. The molecule has 39 heavy (non-hydrogen) atoms. The molecule has 0 saturated carbocycles. The predicted octanol–water partition coefficient (Wildman–Crippen LogP) is 7.72. The average molecular weight is 549 g/mol. The third-order valence-corrected chi connectivity index (χ3v) is 7.76. The van der Waals surface area contributed by atoms with Gasteiger partial charge in [-0.3, -0.25) is 0 Å². The first kappa shape index (κ1) is 29.8. The van der Waals surface area contributed by atoms with Crippen LogP contribution in [-0.2, 0) is 22.3 Å². The maximum atomic E-state index is 15.1. The first-order valence-corrected chi connectivity index (χ1v) is 14.9. The van der Waals surface area contributed by atoms with Crippen LogP contribution in [0.15, 0.2) is 18.5 Å². The van der Waals surface area contributed by atoms with Gasteiger partial charge in [0.1, 0.15) is 18.9 Å². The number of benzene rings is 1. The number of rotatable bonds is 17. The normalized spacial score (nSPS) is 21.0. The summed E-state index contributed by atoms with van der Waals surface area (Å²) in [7, 11) is 0. The Labute approximate surface area is 230 Å². The van der Waals surface area contributed by atoms with Crippen molar-refractivity contribution in [3.05, 3.63) is 41.2 Å². The van der Waals surface area contributed by atoms with Gasteiger partial charge in [0.2, 0.25) is 0 Å². The van der Waals surface area contributed by atoms with Crippen molar-refractivity contribution >= 4 is 0 Å². The fraction of sp³-hybridized carbons (Fsp3) is 0.677. The van der Waals surface area contributed by atoms with E-state index < -0.39 is 17.8 Å². The monoisotopic (exact) mass is 548 g/mol. The Kier molecular flexibility index (Phi) is 11.4. The molecule has 2 aromatic rings. The Morgan fingerprint density at radius 1 is 0.974 bits per heavy atom. The Morgan fingerprint density at radius 2 is 1.72 bits per heavy atom. The highest BCUT2D eigenvalue weighted by molar-refractivity contribution is 5.59. The van der Waals surface area contributed by atoms with E-state index in [1.54, 1.807) is 6.07 Å². The van der Waals surface area contributed by atoms with Gasteiger partial charge in [-0.05, 0) is 42.9 Å². The number of hydrogen-bond donors (Lipinski definition) is 0. The first-order valence-electron chi connectivity index (χ1n) is 14.9. The predicted molar refractivity (Wildman–Crippen MR) is 146 cm³/mol. The Bertz CT molecular complexity index is 1040. The summed E-state index contributed by atoms with van der Waals surface area (Å²) in [6, 6.07) is 1.63. The third kappa shape index (κ3) is 8.65. The summed E-state index contributed by atoms with van der Waals surface area (Å²) in [6.45, 7) is 4.74. The lowest BCUT2D eigenvalue weighted by molar-refractivity contribution is 0.00865. The van der Waals surface area contributed by atoms with Gasteiger partial charge in [-0.1, -0.05) is 65.2 Å². The summed E-state index contributed by atoms with van der Waals surface area (Å²) in [5, 5.41) is 0. The number of epoxide rings is 1. The molecular weight excluding hydrogens is 505 g/mol. The zero-order valence-electron chi connectivity index (χ0n) is 23.4. The highest BCUT2D eigenvalue weighted by Crippen LogP contribution is 2.33. The quantitative estimate of drug-likeness (QED) is 0.150. The van der Waals surface area contributed by atoms with Gasteiger partial charge < -0.3 is 14.2 Å². The van der Waals surface area contributed by atoms with Crippen LogP contribution in [0.2, 0.25) is 0 Å². The van der Waals surface area contributed by atoms with Crippen molar-refractivity contribution in [2.45, 2.75) is 122 Å². The Morgan fingerprint density at radius 3 is 2.46 bits per heavy atom. The van der Waals surface area contributed by atoms with Crippen LogP contribution in [-0.4, -0.2) is 47.7 Å². The largest absolute Gasteiger partial charge is 0.488 e. The van der Waals surface area contributed by atoms with Crippen molar-refractivity contribution in [1.29, 1.82) is 0 Å². The minimum atomic E-state index is -1.02. The number of hydrogen-bond acceptors (Lipinski definition) is 5. The number of halogens is 3. The van der Waals surface area contributed by atoms with Crippen molar-refractivity contribution in [2.75, 3.05) is 13.2 Å². The molecule has 2 aliphatic rings. The van der Waals surface area contributed by atoms with Crippen molar-refractivity contribution in [3.63, 3.8) is 0 Å². The smallest absolute Gasteiger partial charge is 0.170 e. The van der Waals surface area contributed by atoms with Crippen LogP contribution in [0.1, 0.15) is 95.6 Å². The fourth-order valence-electron chi connectivity index (χ4n) is 5.29. The van der Waals surface area contributed by atoms with Crippen molar-refractivity contribution < 1.29 is 27.4 Å². The van der Waals surface area contributed by atoms with E-state index in [9.17, 15) is 4.39 Å². The summed E-state index contributed by atoms with van der Waals surface area (Å²) in [5.74, 6) is -1.29. The maximum absolute atomic E-state index is 15.1. The minimum Gasteiger partial charge on any atom is -0.488 e. The molecule has 1 aliphatic carbocycles. The van der Waals surface area contributed by atoms with Gasteiger partial charge in [-0.25, -0.2) is 23.1 Å². The van der Waals surface area contributed by atoms with Gasteiger partial charge in [0, 0.05) is 6.42 Å². The lowest BCUT2D eigenvalue weighted by atomic mass is 9.87. The Hall–Kier alpha value is -2.19. The first-order chi connectivity index (χ1) is 19.0. The number of fused-ring (bicyclic) bond motifs is 1. The number of ether oxygens (including phenoxy) is 3. The second-order valence-corrected chi connectivity index (χ2v) is 11.0. The lowest BCUT2D eigenvalue weighted by Crippen LogP contribution is -2.27. The van der Waals surface area contributed by atoms with Crippen molar-refractivity contribution in [2.24, 2.45) is 0 Å². The molecule has 0 radical (unpaired) electrons. The van der Waals surface area contributed by atoms with E-state index in [1.807, 2.05) is 0 Å². The van der Waals surface area contributed by atoms with Crippen molar-refractivity contribution in [1.82, 2.24) is 9.97 Å². The molecule has 5 nitrogen and oxygen atoms in total. The maximum Gasteiger partial charge on any atom is 0.170 e. The van der Waals surface area contributed by atoms with Gasteiger partial charge in [0.25, 0.3) is 0 Å². The summed E-state index contributed by atoms with van der Waals surface area (Å²) in [5.41, 5.74) is 1.06. The van der Waals surface area contributed by atoms with Crippen LogP contribution in [0.3, 0.4) is 0 Å². The molecule has 0 bridgehead atoms. The minimum absolute atomic E-state index is 0.00303.